The SMILES string of the molecule is N#CC=C(O)O. The zero-order valence-electron chi connectivity index (χ0n) is 2.92. The summed E-state index contributed by atoms with van der Waals surface area (Å²) in [6, 6.07) is 1.41. The van der Waals surface area contributed by atoms with Gasteiger partial charge in [-0.1, -0.05) is 0 Å². The summed E-state index contributed by atoms with van der Waals surface area (Å²) in [4.78, 5) is 0. The molecule has 0 saturated carbocycles. The number of rotatable bonds is 0. The molecular formula is C3H3NO2. The molecule has 6 heavy (non-hydrogen) atoms. The second kappa shape index (κ2) is 2.09. The maximum absolute atomic E-state index is 7.75. The number of nitrogens with zero attached hydrogens (tertiary/aromatic N) is 1. The summed E-state index contributed by atoms with van der Waals surface area (Å²) in [7, 11) is 0. The molecule has 3 nitrogen and oxygen atoms in total. The molecule has 0 unspecified atom stereocenters. The first kappa shape index (κ1) is 4.83. The van der Waals surface area contributed by atoms with E-state index in [0.29, 0.717) is 6.08 Å². The van der Waals surface area contributed by atoms with E-state index in [9.17, 15) is 0 Å². The van der Waals surface area contributed by atoms with Crippen molar-refractivity contribution in [2.24, 2.45) is 0 Å². The van der Waals surface area contributed by atoms with Crippen LogP contribution < -0.4 is 0 Å². The van der Waals surface area contributed by atoms with E-state index in [1.54, 1.807) is 0 Å². The standard InChI is InChI=1S/C3H3NO2/c4-2-1-3(5)6/h1,5-6H. The van der Waals surface area contributed by atoms with Crippen molar-refractivity contribution in [1.29, 1.82) is 5.26 Å². The molecule has 0 rings (SSSR count). The monoisotopic (exact) mass is 85.0 g/mol. The molecule has 0 aromatic carbocycles. The zero-order chi connectivity index (χ0) is 4.99. The molecule has 0 atom stereocenters. The molecule has 0 radical (unpaired) electrons. The summed E-state index contributed by atoms with van der Waals surface area (Å²) in [5.74, 6) is -0.947. The van der Waals surface area contributed by atoms with E-state index in [4.69, 9.17) is 15.5 Å². The van der Waals surface area contributed by atoms with Crippen LogP contribution in [0.15, 0.2) is 12.0 Å². The van der Waals surface area contributed by atoms with Crippen LogP contribution in [0.1, 0.15) is 0 Å². The summed E-state index contributed by atoms with van der Waals surface area (Å²) in [5, 5.41) is 23.1. The first-order valence-electron chi connectivity index (χ1n) is 1.25. The molecule has 0 aromatic heterocycles. The number of aliphatic hydroxyl groups is 2. The van der Waals surface area contributed by atoms with Gasteiger partial charge >= 0.3 is 0 Å². The molecule has 32 valence electrons. The fourth-order valence-corrected chi connectivity index (χ4v) is 0.0577. The van der Waals surface area contributed by atoms with E-state index in [2.05, 4.69) is 0 Å². The Morgan fingerprint density at radius 3 is 2.17 bits per heavy atom. The predicted molar refractivity (Wildman–Crippen MR) is 19.0 cm³/mol. The van der Waals surface area contributed by atoms with Gasteiger partial charge in [-0.05, 0) is 0 Å². The minimum atomic E-state index is -0.947. The Morgan fingerprint density at radius 1 is 1.67 bits per heavy atom. The maximum Gasteiger partial charge on any atom is 0.285 e. The number of aliphatic hydroxyl groups excluding tert-OH is 1. The van der Waals surface area contributed by atoms with Crippen LogP contribution in [0, 0.1) is 11.3 Å². The van der Waals surface area contributed by atoms with Gasteiger partial charge in [-0.15, -0.1) is 0 Å². The van der Waals surface area contributed by atoms with Crippen molar-refractivity contribution in [3.05, 3.63) is 12.0 Å². The van der Waals surface area contributed by atoms with Gasteiger partial charge in [-0.25, -0.2) is 0 Å². The van der Waals surface area contributed by atoms with E-state index < -0.39 is 5.95 Å². The van der Waals surface area contributed by atoms with Crippen LogP contribution in [0.5, 0.6) is 0 Å². The quantitative estimate of drug-likeness (QED) is 0.332. The molecule has 0 bridgehead atoms. The van der Waals surface area contributed by atoms with Gasteiger partial charge in [0, 0.05) is 0 Å². The van der Waals surface area contributed by atoms with E-state index in [1.807, 2.05) is 0 Å². The van der Waals surface area contributed by atoms with Crippen molar-refractivity contribution in [2.75, 3.05) is 0 Å². The van der Waals surface area contributed by atoms with Gasteiger partial charge in [0.05, 0.1) is 12.1 Å². The maximum atomic E-state index is 7.75. The topological polar surface area (TPSA) is 64.2 Å². The average molecular weight is 85.1 g/mol. The highest BCUT2D eigenvalue weighted by molar-refractivity contribution is 5.00. The van der Waals surface area contributed by atoms with Gasteiger partial charge in [0.1, 0.15) is 0 Å². The van der Waals surface area contributed by atoms with Crippen LogP contribution in [-0.4, -0.2) is 10.2 Å². The van der Waals surface area contributed by atoms with Crippen molar-refractivity contribution < 1.29 is 10.2 Å². The molecule has 0 aromatic rings. The van der Waals surface area contributed by atoms with E-state index in [0.717, 1.165) is 0 Å². The summed E-state index contributed by atoms with van der Waals surface area (Å²) in [5.41, 5.74) is 0. The van der Waals surface area contributed by atoms with Crippen molar-refractivity contribution in [3.8, 4) is 6.07 Å². The summed E-state index contributed by atoms with van der Waals surface area (Å²) >= 11 is 0. The number of allylic oxidation sites excluding steroid dienone is 1. The second-order valence-corrected chi connectivity index (χ2v) is 0.632. The Hall–Kier alpha value is -1.17. The van der Waals surface area contributed by atoms with Gasteiger partial charge in [0.25, 0.3) is 5.95 Å². The Kier molecular flexibility index (Phi) is 1.68. The highest BCUT2D eigenvalue weighted by Gasteiger charge is 1.73. The van der Waals surface area contributed by atoms with Gasteiger partial charge in [-0.2, -0.15) is 5.26 Å². The third-order valence-corrected chi connectivity index (χ3v) is 0.194. The number of nitriles is 1. The fraction of sp³-hybridized carbons (Fsp3) is 0. The Labute approximate surface area is 34.8 Å². The smallest absolute Gasteiger partial charge is 0.285 e. The number of hydrogen-bond acceptors (Lipinski definition) is 3. The Bertz CT molecular complexity index is 95.9. The Balaban J connectivity index is 3.51. The largest absolute Gasteiger partial charge is 0.481 e. The molecule has 0 aliphatic heterocycles. The van der Waals surface area contributed by atoms with Crippen LogP contribution in [0.3, 0.4) is 0 Å². The summed E-state index contributed by atoms with van der Waals surface area (Å²) < 4.78 is 0. The third kappa shape index (κ3) is 2.83. The predicted octanol–water partition coefficient (Wildman–Crippen LogP) is 0.467. The van der Waals surface area contributed by atoms with Gasteiger partial charge in [-0.3, -0.25) is 0 Å². The third-order valence-electron chi connectivity index (χ3n) is 0.194. The van der Waals surface area contributed by atoms with Crippen LogP contribution in [0.25, 0.3) is 0 Å². The lowest BCUT2D eigenvalue weighted by molar-refractivity contribution is 0.191. The normalized spacial score (nSPS) is 5.83. The van der Waals surface area contributed by atoms with Crippen LogP contribution in [0.2, 0.25) is 0 Å². The molecule has 3 heteroatoms. The molecule has 0 amide bonds. The van der Waals surface area contributed by atoms with Crippen molar-refractivity contribution in [2.45, 2.75) is 0 Å². The van der Waals surface area contributed by atoms with Gasteiger partial charge in [0.2, 0.25) is 0 Å². The van der Waals surface area contributed by atoms with Crippen molar-refractivity contribution in [3.63, 3.8) is 0 Å². The Morgan fingerprint density at radius 2 is 2.17 bits per heavy atom. The summed E-state index contributed by atoms with van der Waals surface area (Å²) in [6.07, 6.45) is 0.625. The second-order valence-electron chi connectivity index (χ2n) is 0.632. The minimum Gasteiger partial charge on any atom is -0.481 e. The van der Waals surface area contributed by atoms with E-state index in [1.165, 1.54) is 6.07 Å². The minimum absolute atomic E-state index is 0.625. The van der Waals surface area contributed by atoms with Gasteiger partial charge in [0.15, 0.2) is 0 Å². The highest BCUT2D eigenvalue weighted by atomic mass is 16.5. The van der Waals surface area contributed by atoms with Crippen molar-refractivity contribution >= 4 is 0 Å². The van der Waals surface area contributed by atoms with Gasteiger partial charge < -0.3 is 10.2 Å². The molecule has 0 aliphatic rings. The molecule has 0 aliphatic carbocycles. The van der Waals surface area contributed by atoms with Crippen LogP contribution in [-0.2, 0) is 0 Å². The first-order chi connectivity index (χ1) is 2.77. The summed E-state index contributed by atoms with van der Waals surface area (Å²) in [6.45, 7) is 0. The van der Waals surface area contributed by atoms with Crippen molar-refractivity contribution in [1.82, 2.24) is 0 Å². The lowest BCUT2D eigenvalue weighted by atomic mass is 10.7. The van der Waals surface area contributed by atoms with Crippen LogP contribution >= 0.6 is 0 Å². The average Bonchev–Trinajstić information content (AvgIpc) is 1.35. The lowest BCUT2D eigenvalue weighted by Gasteiger charge is -1.73. The van der Waals surface area contributed by atoms with E-state index in [-0.39, 0.29) is 0 Å². The first-order valence-corrected chi connectivity index (χ1v) is 1.25. The molecule has 0 saturated heterocycles. The molecule has 0 fully saturated rings. The molecule has 0 heterocycles. The van der Waals surface area contributed by atoms with E-state index >= 15 is 0 Å². The molecule has 2 N–H and O–H groups in total. The lowest BCUT2D eigenvalue weighted by Crippen LogP contribution is -1.69. The molecular weight excluding hydrogens is 82.0 g/mol. The molecule has 0 spiro atoms. The fourth-order valence-electron chi connectivity index (χ4n) is 0.0577. The zero-order valence-corrected chi connectivity index (χ0v) is 2.92. The van der Waals surface area contributed by atoms with Crippen LogP contribution in [0.4, 0.5) is 0 Å². The number of hydrogen-bond donors (Lipinski definition) is 2. The highest BCUT2D eigenvalue weighted by Crippen LogP contribution is 1.71.